The predicted octanol–water partition coefficient (Wildman–Crippen LogP) is 1.50. The lowest BCUT2D eigenvalue weighted by Gasteiger charge is -2.11. The number of hydrogen-bond acceptors (Lipinski definition) is 4. The molecule has 0 amide bonds. The van der Waals surface area contributed by atoms with Gasteiger partial charge in [-0.05, 0) is 37.1 Å². The number of nitrogens with zero attached hydrogens (tertiary/aromatic N) is 1. The van der Waals surface area contributed by atoms with Crippen molar-refractivity contribution in [3.8, 4) is 0 Å². The molecule has 18 heavy (non-hydrogen) atoms. The molecule has 0 spiro atoms. The summed E-state index contributed by atoms with van der Waals surface area (Å²) in [6.45, 7) is 0. The number of benzene rings is 1. The first-order valence-corrected chi connectivity index (χ1v) is 7.42. The summed E-state index contributed by atoms with van der Waals surface area (Å²) >= 11 is 0. The van der Waals surface area contributed by atoms with Crippen LogP contribution >= 0.6 is 0 Å². The van der Waals surface area contributed by atoms with Crippen molar-refractivity contribution < 1.29 is 13.6 Å². The number of hydrogen-bond donors (Lipinski definition) is 2. The van der Waals surface area contributed by atoms with Gasteiger partial charge in [-0.25, -0.2) is 8.42 Å². The van der Waals surface area contributed by atoms with E-state index in [1.807, 2.05) is 0 Å². The molecule has 0 saturated heterocycles. The average molecular weight is 268 g/mol. The van der Waals surface area contributed by atoms with E-state index in [0.29, 0.717) is 10.5 Å². The van der Waals surface area contributed by atoms with Crippen LogP contribution in [0.15, 0.2) is 34.3 Å². The molecule has 0 radical (unpaired) electrons. The van der Waals surface area contributed by atoms with Gasteiger partial charge in [0.25, 0.3) is 0 Å². The Morgan fingerprint density at radius 2 is 1.78 bits per heavy atom. The largest absolute Gasteiger partial charge is 0.409 e. The standard InChI is InChI=1S/C12H16N2O3S/c13-12(14-15)9-5-7-11(8-6-9)18(16,17)10-3-1-2-4-10/h5-8,10,15H,1-4H2,(H2,13,14). The highest BCUT2D eigenvalue weighted by molar-refractivity contribution is 7.92. The van der Waals surface area contributed by atoms with Crippen molar-refractivity contribution in [2.45, 2.75) is 35.8 Å². The van der Waals surface area contributed by atoms with E-state index < -0.39 is 9.84 Å². The first-order valence-electron chi connectivity index (χ1n) is 5.87. The van der Waals surface area contributed by atoms with E-state index in [1.165, 1.54) is 12.1 Å². The van der Waals surface area contributed by atoms with Crippen molar-refractivity contribution in [2.24, 2.45) is 10.9 Å². The highest BCUT2D eigenvalue weighted by Crippen LogP contribution is 2.29. The van der Waals surface area contributed by atoms with Crippen molar-refractivity contribution in [2.75, 3.05) is 0 Å². The van der Waals surface area contributed by atoms with Crippen LogP contribution in [0.1, 0.15) is 31.2 Å². The Labute approximate surface area is 106 Å². The Hall–Kier alpha value is -1.56. The van der Waals surface area contributed by atoms with Crippen LogP contribution < -0.4 is 5.73 Å². The molecule has 1 aliphatic carbocycles. The van der Waals surface area contributed by atoms with Gasteiger partial charge in [0.1, 0.15) is 0 Å². The van der Waals surface area contributed by atoms with E-state index in [0.717, 1.165) is 25.7 Å². The van der Waals surface area contributed by atoms with E-state index in [4.69, 9.17) is 10.9 Å². The van der Waals surface area contributed by atoms with E-state index >= 15 is 0 Å². The predicted molar refractivity (Wildman–Crippen MR) is 68.4 cm³/mol. The summed E-state index contributed by atoms with van der Waals surface area (Å²) in [5.74, 6) is -0.0279. The fourth-order valence-corrected chi connectivity index (χ4v) is 4.12. The molecule has 0 unspecified atom stereocenters. The van der Waals surface area contributed by atoms with Gasteiger partial charge in [-0.1, -0.05) is 18.0 Å². The highest BCUT2D eigenvalue weighted by atomic mass is 32.2. The first-order chi connectivity index (χ1) is 8.55. The number of rotatable bonds is 3. The first kappa shape index (κ1) is 12.9. The van der Waals surface area contributed by atoms with E-state index in [2.05, 4.69) is 5.16 Å². The van der Waals surface area contributed by atoms with Crippen molar-refractivity contribution in [1.82, 2.24) is 0 Å². The van der Waals surface area contributed by atoms with Crippen LogP contribution in [-0.4, -0.2) is 24.7 Å². The molecular formula is C12H16N2O3S. The maximum absolute atomic E-state index is 12.3. The third-order valence-electron chi connectivity index (χ3n) is 3.33. The van der Waals surface area contributed by atoms with Gasteiger partial charge in [0.15, 0.2) is 15.7 Å². The third-order valence-corrected chi connectivity index (χ3v) is 5.61. The molecule has 2 rings (SSSR count). The Balaban J connectivity index is 2.29. The molecule has 0 aromatic heterocycles. The van der Waals surface area contributed by atoms with Crippen LogP contribution in [0.4, 0.5) is 0 Å². The number of amidine groups is 1. The Bertz CT molecular complexity index is 543. The smallest absolute Gasteiger partial charge is 0.181 e. The molecule has 3 N–H and O–H groups in total. The molecular weight excluding hydrogens is 252 g/mol. The van der Waals surface area contributed by atoms with E-state index in [-0.39, 0.29) is 11.1 Å². The second-order valence-corrected chi connectivity index (χ2v) is 6.69. The van der Waals surface area contributed by atoms with Gasteiger partial charge in [0, 0.05) is 5.56 Å². The highest BCUT2D eigenvalue weighted by Gasteiger charge is 2.30. The number of nitrogens with two attached hydrogens (primary N) is 1. The lowest BCUT2D eigenvalue weighted by atomic mass is 10.2. The van der Waals surface area contributed by atoms with Crippen LogP contribution in [0.25, 0.3) is 0 Å². The van der Waals surface area contributed by atoms with Gasteiger partial charge < -0.3 is 10.9 Å². The van der Waals surface area contributed by atoms with Gasteiger partial charge in [-0.3, -0.25) is 0 Å². The number of oxime groups is 1. The normalized spacial score (nSPS) is 18.1. The lowest BCUT2D eigenvalue weighted by molar-refractivity contribution is 0.318. The Kier molecular flexibility index (Phi) is 3.56. The summed E-state index contributed by atoms with van der Waals surface area (Å²) < 4.78 is 24.5. The van der Waals surface area contributed by atoms with Crippen molar-refractivity contribution >= 4 is 15.7 Å². The zero-order chi connectivity index (χ0) is 13.2. The lowest BCUT2D eigenvalue weighted by Crippen LogP contribution is -2.18. The minimum absolute atomic E-state index is 0.0279. The molecule has 0 atom stereocenters. The Morgan fingerprint density at radius 1 is 1.22 bits per heavy atom. The second-order valence-electron chi connectivity index (χ2n) is 4.46. The summed E-state index contributed by atoms with van der Waals surface area (Å²) in [5, 5.41) is 11.2. The third kappa shape index (κ3) is 2.33. The summed E-state index contributed by atoms with van der Waals surface area (Å²) in [5.41, 5.74) is 5.93. The SMILES string of the molecule is N/C(=N\O)c1ccc(S(=O)(=O)C2CCCC2)cc1. The number of sulfone groups is 1. The fraction of sp³-hybridized carbons (Fsp3) is 0.417. The summed E-state index contributed by atoms with van der Waals surface area (Å²) in [4.78, 5) is 0.309. The minimum atomic E-state index is -3.23. The summed E-state index contributed by atoms with van der Waals surface area (Å²) in [6, 6.07) is 6.13. The van der Waals surface area contributed by atoms with Crippen molar-refractivity contribution in [1.29, 1.82) is 0 Å². The molecule has 1 saturated carbocycles. The quantitative estimate of drug-likeness (QED) is 0.376. The summed E-state index contributed by atoms with van der Waals surface area (Å²) in [6.07, 6.45) is 3.44. The topological polar surface area (TPSA) is 92.8 Å². The molecule has 0 bridgehead atoms. The van der Waals surface area contributed by atoms with Crippen LogP contribution in [0.2, 0.25) is 0 Å². The molecule has 1 aromatic carbocycles. The fourth-order valence-electron chi connectivity index (χ4n) is 2.26. The maximum atomic E-state index is 12.3. The molecule has 1 fully saturated rings. The molecule has 6 heteroatoms. The molecule has 5 nitrogen and oxygen atoms in total. The molecule has 98 valence electrons. The van der Waals surface area contributed by atoms with Gasteiger partial charge in [-0.2, -0.15) is 0 Å². The van der Waals surface area contributed by atoms with Crippen LogP contribution in [-0.2, 0) is 9.84 Å². The monoisotopic (exact) mass is 268 g/mol. The van der Waals surface area contributed by atoms with Gasteiger partial charge in [-0.15, -0.1) is 0 Å². The van der Waals surface area contributed by atoms with Crippen molar-refractivity contribution in [3.05, 3.63) is 29.8 Å². The maximum Gasteiger partial charge on any atom is 0.181 e. The van der Waals surface area contributed by atoms with E-state index in [1.54, 1.807) is 12.1 Å². The zero-order valence-corrected chi connectivity index (χ0v) is 10.7. The molecule has 1 aliphatic rings. The minimum Gasteiger partial charge on any atom is -0.409 e. The molecule has 0 heterocycles. The van der Waals surface area contributed by atoms with Gasteiger partial charge >= 0.3 is 0 Å². The second kappa shape index (κ2) is 4.97. The van der Waals surface area contributed by atoms with Gasteiger partial charge in [0.05, 0.1) is 10.1 Å². The zero-order valence-electron chi connectivity index (χ0n) is 9.91. The van der Waals surface area contributed by atoms with Gasteiger partial charge in [0.2, 0.25) is 0 Å². The van der Waals surface area contributed by atoms with E-state index in [9.17, 15) is 8.42 Å². The Morgan fingerprint density at radius 3 is 2.28 bits per heavy atom. The summed E-state index contributed by atoms with van der Waals surface area (Å²) in [7, 11) is -3.23. The molecule has 1 aromatic rings. The van der Waals surface area contributed by atoms with Crippen LogP contribution in [0, 0.1) is 0 Å². The van der Waals surface area contributed by atoms with Crippen molar-refractivity contribution in [3.63, 3.8) is 0 Å². The average Bonchev–Trinajstić information content (AvgIpc) is 2.92. The molecule has 0 aliphatic heterocycles. The van der Waals surface area contributed by atoms with Crippen LogP contribution in [0.5, 0.6) is 0 Å². The van der Waals surface area contributed by atoms with Crippen LogP contribution in [0.3, 0.4) is 0 Å².